The van der Waals surface area contributed by atoms with Gasteiger partial charge in [0, 0.05) is 22.2 Å². The Labute approximate surface area is 206 Å². The summed E-state index contributed by atoms with van der Waals surface area (Å²) >= 11 is 5.05. The zero-order valence-corrected chi connectivity index (χ0v) is 22.6. The van der Waals surface area contributed by atoms with Gasteiger partial charge in [-0.15, -0.1) is 0 Å². The Morgan fingerprint density at radius 3 is 2.16 bits per heavy atom. The van der Waals surface area contributed by atoms with Crippen LogP contribution in [0, 0.1) is 0 Å². The lowest BCUT2D eigenvalue weighted by Gasteiger charge is -2.32. The van der Waals surface area contributed by atoms with Crippen LogP contribution in [0.5, 0.6) is 0 Å². The van der Waals surface area contributed by atoms with Crippen molar-refractivity contribution in [2.45, 2.75) is 71.3 Å². The van der Waals surface area contributed by atoms with Crippen LogP contribution in [0.25, 0.3) is 0 Å². The predicted molar refractivity (Wildman–Crippen MR) is 140 cm³/mol. The second-order valence-corrected chi connectivity index (χ2v) is 12.3. The number of hydrogen-bond donors (Lipinski definition) is 0. The van der Waals surface area contributed by atoms with Crippen molar-refractivity contribution in [3.8, 4) is 0 Å². The Kier molecular flexibility index (Phi) is 9.40. The van der Waals surface area contributed by atoms with Crippen molar-refractivity contribution >= 4 is 39.7 Å². The predicted octanol–water partition coefficient (Wildman–Crippen LogP) is 8.07. The van der Waals surface area contributed by atoms with Gasteiger partial charge in [-0.05, 0) is 83.7 Å². The molecule has 1 atom stereocenters. The average Bonchev–Trinajstić information content (AvgIpc) is 2.69. The van der Waals surface area contributed by atoms with Crippen molar-refractivity contribution in [2.75, 3.05) is 6.54 Å². The fourth-order valence-corrected chi connectivity index (χ4v) is 3.82. The molecule has 4 nitrogen and oxygen atoms in total. The maximum absolute atomic E-state index is 13.2. The summed E-state index contributed by atoms with van der Waals surface area (Å²) in [6, 6.07) is 18.1. The summed E-state index contributed by atoms with van der Waals surface area (Å²) in [4.78, 5) is 15.0. The van der Waals surface area contributed by atoms with Gasteiger partial charge in [-0.25, -0.2) is 9.19 Å². The Morgan fingerprint density at radius 2 is 1.62 bits per heavy atom. The smallest absolute Gasteiger partial charge is 0.410 e. The van der Waals surface area contributed by atoms with Crippen LogP contribution in [-0.2, 0) is 4.74 Å². The topological polar surface area (TPSA) is 41.9 Å². The van der Waals surface area contributed by atoms with Crippen LogP contribution in [-0.4, -0.2) is 33.6 Å². The number of nitrogens with zero attached hydrogens (tertiary/aromatic N) is 2. The van der Waals surface area contributed by atoms with Gasteiger partial charge in [0.25, 0.3) is 0 Å². The summed E-state index contributed by atoms with van der Waals surface area (Å²) < 4.78 is 11.6. The van der Waals surface area contributed by atoms with E-state index in [0.717, 1.165) is 21.3 Å². The Bertz CT molecular complexity index is 900. The molecule has 0 saturated carbocycles. The number of carbonyl (C=O) groups excluding carboxylic acids is 1. The van der Waals surface area contributed by atoms with Gasteiger partial charge < -0.3 is 9.64 Å². The fraction of sp³-hybridized carbons (Fsp3) is 0.462. The van der Waals surface area contributed by atoms with Crippen LogP contribution in [0.3, 0.4) is 0 Å². The first-order valence-corrected chi connectivity index (χ1v) is 12.5. The van der Waals surface area contributed by atoms with Gasteiger partial charge in [0.05, 0.1) is 11.8 Å². The second-order valence-electron chi connectivity index (χ2n) is 9.76. The first-order chi connectivity index (χ1) is 14.9. The van der Waals surface area contributed by atoms with E-state index in [4.69, 9.17) is 9.13 Å². The van der Waals surface area contributed by atoms with Gasteiger partial charge in [0.15, 0.2) is 0 Å². The number of ether oxygens (including phenoxy) is 1. The summed E-state index contributed by atoms with van der Waals surface area (Å²) in [5.41, 5.74) is 2.54. The minimum atomic E-state index is -0.562. The Morgan fingerprint density at radius 1 is 1.03 bits per heavy atom. The van der Waals surface area contributed by atoms with Crippen molar-refractivity contribution in [2.24, 2.45) is 4.40 Å². The molecule has 0 spiro atoms. The third-order valence-electron chi connectivity index (χ3n) is 4.57. The molecule has 0 saturated heterocycles. The van der Waals surface area contributed by atoms with Crippen molar-refractivity contribution in [3.63, 3.8) is 0 Å². The summed E-state index contributed by atoms with van der Waals surface area (Å²) in [5.74, 6) is 0. The largest absolute Gasteiger partial charge is 0.444 e. The summed E-state index contributed by atoms with van der Waals surface area (Å²) in [5, 5.41) is 0. The van der Waals surface area contributed by atoms with E-state index in [9.17, 15) is 4.79 Å². The van der Waals surface area contributed by atoms with E-state index in [1.807, 2.05) is 70.2 Å². The quantitative estimate of drug-likeness (QED) is 0.274. The van der Waals surface area contributed by atoms with Crippen LogP contribution in [0.15, 0.2) is 63.5 Å². The van der Waals surface area contributed by atoms with Gasteiger partial charge >= 0.3 is 6.09 Å². The zero-order chi connectivity index (χ0) is 23.9. The zero-order valence-electron chi connectivity index (χ0n) is 20.2. The Hall–Kier alpha value is -1.79. The lowest BCUT2D eigenvalue weighted by Crippen LogP contribution is -2.39. The van der Waals surface area contributed by atoms with Crippen LogP contribution in [0.2, 0.25) is 0 Å². The molecule has 32 heavy (non-hydrogen) atoms. The van der Waals surface area contributed by atoms with Gasteiger partial charge in [-0.2, -0.15) is 0 Å². The minimum Gasteiger partial charge on any atom is -0.444 e. The molecule has 0 aliphatic carbocycles. The SMILES string of the molecule is CC(c1ccc(Br)cc1)N(CCC(=NSC(C)(C)C)c1ccccc1)C(=O)OC(C)(C)C. The summed E-state index contributed by atoms with van der Waals surface area (Å²) in [7, 11) is 0. The van der Waals surface area contributed by atoms with Crippen LogP contribution >= 0.6 is 27.9 Å². The molecule has 0 N–H and O–H groups in total. The number of halogens is 1. The molecule has 0 aromatic heterocycles. The highest BCUT2D eigenvalue weighted by molar-refractivity contribution is 9.10. The van der Waals surface area contributed by atoms with Crippen molar-refractivity contribution in [1.29, 1.82) is 0 Å². The third-order valence-corrected chi connectivity index (χ3v) is 5.96. The number of hydrogen-bond acceptors (Lipinski definition) is 4. The lowest BCUT2D eigenvalue weighted by atomic mass is 10.0. The number of carbonyl (C=O) groups is 1. The van der Waals surface area contributed by atoms with Gasteiger partial charge in [-0.1, -0.05) is 58.4 Å². The molecule has 2 aromatic rings. The molecule has 2 rings (SSSR count). The molecule has 174 valence electrons. The maximum atomic E-state index is 13.2. The summed E-state index contributed by atoms with van der Waals surface area (Å²) in [6.45, 7) is 14.7. The third kappa shape index (κ3) is 8.99. The van der Waals surface area contributed by atoms with E-state index >= 15 is 0 Å². The number of amides is 1. The van der Waals surface area contributed by atoms with Gasteiger partial charge in [0.1, 0.15) is 5.60 Å². The fourth-order valence-electron chi connectivity index (χ4n) is 2.98. The van der Waals surface area contributed by atoms with Gasteiger partial charge in [-0.3, -0.25) is 0 Å². The number of rotatable bonds is 7. The van der Waals surface area contributed by atoms with Crippen molar-refractivity contribution < 1.29 is 9.53 Å². The molecule has 0 bridgehead atoms. The highest BCUT2D eigenvalue weighted by Gasteiger charge is 2.27. The molecule has 2 aromatic carbocycles. The highest BCUT2D eigenvalue weighted by Crippen LogP contribution is 2.28. The molecule has 0 fully saturated rings. The molecule has 0 aliphatic rings. The molecule has 0 aliphatic heterocycles. The second kappa shape index (κ2) is 11.4. The van der Waals surface area contributed by atoms with Crippen molar-refractivity contribution in [1.82, 2.24) is 4.90 Å². The van der Waals surface area contributed by atoms with E-state index in [1.54, 1.807) is 16.8 Å². The van der Waals surface area contributed by atoms with Crippen molar-refractivity contribution in [3.05, 3.63) is 70.2 Å². The van der Waals surface area contributed by atoms with Crippen LogP contribution in [0.4, 0.5) is 4.79 Å². The molecule has 0 radical (unpaired) electrons. The standard InChI is InChI=1S/C26H35BrN2O2S/c1-19(20-13-15-22(27)16-14-20)29(24(30)31-25(2,3)4)18-17-23(28-32-26(5,6)7)21-11-9-8-10-12-21/h8-16,19H,17-18H2,1-7H3. The minimum absolute atomic E-state index is 0.00952. The molecule has 1 amide bonds. The monoisotopic (exact) mass is 518 g/mol. The average molecular weight is 520 g/mol. The van der Waals surface area contributed by atoms with E-state index < -0.39 is 5.60 Å². The van der Waals surface area contributed by atoms with E-state index in [-0.39, 0.29) is 16.9 Å². The lowest BCUT2D eigenvalue weighted by molar-refractivity contribution is 0.0180. The highest BCUT2D eigenvalue weighted by atomic mass is 79.9. The molecule has 1 unspecified atom stereocenters. The normalized spacial score (nSPS) is 13.6. The molecule has 6 heteroatoms. The van der Waals surface area contributed by atoms with E-state index in [1.165, 1.54) is 0 Å². The van der Waals surface area contributed by atoms with Gasteiger partial charge in [0.2, 0.25) is 0 Å². The summed E-state index contributed by atoms with van der Waals surface area (Å²) in [6.07, 6.45) is 0.316. The number of benzene rings is 2. The van der Waals surface area contributed by atoms with E-state index in [2.05, 4.69) is 48.8 Å². The molecular formula is C26H35BrN2O2S. The molecule has 0 heterocycles. The first-order valence-electron chi connectivity index (χ1n) is 10.9. The maximum Gasteiger partial charge on any atom is 0.410 e. The van der Waals surface area contributed by atoms with Crippen LogP contribution in [0.1, 0.15) is 72.1 Å². The van der Waals surface area contributed by atoms with Crippen LogP contribution < -0.4 is 0 Å². The van der Waals surface area contributed by atoms with E-state index in [0.29, 0.717) is 13.0 Å². The Balaban J connectivity index is 2.31. The molecular weight excluding hydrogens is 484 g/mol. The first kappa shape index (κ1) is 26.5.